The molecule has 2 heterocycles. The molecule has 1 aromatic carbocycles. The summed E-state index contributed by atoms with van der Waals surface area (Å²) in [6.45, 7) is 0. The number of hydrogen-bond donors (Lipinski definition) is 0. The lowest BCUT2D eigenvalue weighted by molar-refractivity contribution is 1.24. The molecule has 18 heavy (non-hydrogen) atoms. The van der Waals surface area contributed by atoms with Crippen molar-refractivity contribution < 1.29 is 0 Å². The van der Waals surface area contributed by atoms with E-state index in [4.69, 9.17) is 0 Å². The minimum atomic E-state index is 0.775. The first-order valence-corrected chi connectivity index (χ1v) is 5.78. The predicted octanol–water partition coefficient (Wildman–Crippen LogP) is 3.61. The van der Waals surface area contributed by atoms with Gasteiger partial charge in [0.25, 0.3) is 0 Å². The minimum Gasteiger partial charge on any atom is -0.255 e. The second-order valence-electron chi connectivity index (χ2n) is 3.91. The zero-order valence-corrected chi connectivity index (χ0v) is 9.75. The fraction of sp³-hybridized carbons (Fsp3) is 0. The number of rotatable bonds is 2. The Balaban J connectivity index is 2.05. The van der Waals surface area contributed by atoms with Gasteiger partial charge in [-0.15, -0.1) is 0 Å². The number of benzene rings is 1. The summed E-state index contributed by atoms with van der Waals surface area (Å²) in [4.78, 5) is 8.61. The fourth-order valence-corrected chi connectivity index (χ4v) is 1.81. The van der Waals surface area contributed by atoms with Crippen molar-refractivity contribution in [1.29, 1.82) is 0 Å². The number of hydrogen-bond acceptors (Lipinski definition) is 2. The van der Waals surface area contributed by atoms with Gasteiger partial charge in [-0.25, -0.2) is 0 Å². The van der Waals surface area contributed by atoms with E-state index in [0.29, 0.717) is 0 Å². The zero-order valence-electron chi connectivity index (χ0n) is 9.75. The highest BCUT2D eigenvalue weighted by Gasteiger charge is 2.03. The van der Waals surface area contributed by atoms with Crippen LogP contribution in [0.25, 0.3) is 22.5 Å². The average Bonchev–Trinajstić information content (AvgIpc) is 2.49. The minimum absolute atomic E-state index is 0.775. The lowest BCUT2D eigenvalue weighted by atomic mass is 10.1. The molecular weight excluding hydrogens is 220 g/mol. The monoisotopic (exact) mass is 231 g/mol. The van der Waals surface area contributed by atoms with Crippen molar-refractivity contribution in [3.8, 4) is 22.5 Å². The van der Waals surface area contributed by atoms with E-state index < -0.39 is 0 Å². The van der Waals surface area contributed by atoms with Gasteiger partial charge in [-0.1, -0.05) is 36.4 Å². The highest BCUT2D eigenvalue weighted by atomic mass is 14.8. The van der Waals surface area contributed by atoms with Crippen LogP contribution < -0.4 is 0 Å². The molecular formula is C16H11N2. The third-order valence-electron chi connectivity index (χ3n) is 2.69. The van der Waals surface area contributed by atoms with Crippen LogP contribution in [0, 0.1) is 6.07 Å². The van der Waals surface area contributed by atoms with E-state index in [2.05, 4.69) is 28.2 Å². The Hall–Kier alpha value is -2.48. The van der Waals surface area contributed by atoms with Crippen LogP contribution in [0.5, 0.6) is 0 Å². The summed E-state index contributed by atoms with van der Waals surface area (Å²) >= 11 is 0. The van der Waals surface area contributed by atoms with Gasteiger partial charge in [-0.3, -0.25) is 9.97 Å². The molecule has 0 N–H and O–H groups in total. The molecule has 0 unspecified atom stereocenters. The first-order valence-electron chi connectivity index (χ1n) is 5.78. The quantitative estimate of drug-likeness (QED) is 0.673. The SMILES string of the molecule is [c]1c(-c2ccccc2)ccnc1-c1ccccn1. The van der Waals surface area contributed by atoms with Gasteiger partial charge in [-0.05, 0) is 29.3 Å². The standard InChI is InChI=1S/C16H11N2/c1-2-6-13(7-3-1)14-9-11-18-16(12-14)15-8-4-5-10-17-15/h1-11H. The summed E-state index contributed by atoms with van der Waals surface area (Å²) in [5.41, 5.74) is 3.79. The molecule has 0 amide bonds. The smallest absolute Gasteiger partial charge is 0.0971 e. The summed E-state index contributed by atoms with van der Waals surface area (Å²) in [5, 5.41) is 0. The van der Waals surface area contributed by atoms with Crippen LogP contribution in [0.15, 0.2) is 67.0 Å². The summed E-state index contributed by atoms with van der Waals surface area (Å²) in [6, 6.07) is 21.2. The Morgan fingerprint density at radius 3 is 2.33 bits per heavy atom. The fourth-order valence-electron chi connectivity index (χ4n) is 1.81. The Kier molecular flexibility index (Phi) is 2.84. The van der Waals surface area contributed by atoms with Crippen molar-refractivity contribution in [2.45, 2.75) is 0 Å². The molecule has 85 valence electrons. The van der Waals surface area contributed by atoms with Gasteiger partial charge in [0.05, 0.1) is 11.4 Å². The van der Waals surface area contributed by atoms with Crippen molar-refractivity contribution in [3.63, 3.8) is 0 Å². The summed E-state index contributed by atoms with van der Waals surface area (Å²) in [6.07, 6.45) is 3.56. The Morgan fingerprint density at radius 2 is 1.56 bits per heavy atom. The molecule has 2 nitrogen and oxygen atoms in total. The van der Waals surface area contributed by atoms with Crippen LogP contribution in [0.3, 0.4) is 0 Å². The average molecular weight is 231 g/mol. The first kappa shape index (κ1) is 10.7. The van der Waals surface area contributed by atoms with Crippen LogP contribution >= 0.6 is 0 Å². The maximum absolute atomic E-state index is 4.32. The molecule has 2 heteroatoms. The summed E-state index contributed by atoms with van der Waals surface area (Å²) in [7, 11) is 0. The van der Waals surface area contributed by atoms with Crippen molar-refractivity contribution in [2.24, 2.45) is 0 Å². The van der Waals surface area contributed by atoms with Crippen molar-refractivity contribution in [3.05, 3.63) is 73.1 Å². The van der Waals surface area contributed by atoms with E-state index in [9.17, 15) is 0 Å². The molecule has 0 aliphatic heterocycles. The maximum atomic E-state index is 4.32. The van der Waals surface area contributed by atoms with Crippen LogP contribution in [0.1, 0.15) is 0 Å². The molecule has 2 aromatic heterocycles. The van der Waals surface area contributed by atoms with Crippen LogP contribution in [-0.2, 0) is 0 Å². The van der Waals surface area contributed by atoms with Gasteiger partial charge < -0.3 is 0 Å². The van der Waals surface area contributed by atoms with Gasteiger partial charge in [-0.2, -0.15) is 0 Å². The molecule has 3 rings (SSSR count). The van der Waals surface area contributed by atoms with Crippen LogP contribution in [0.2, 0.25) is 0 Å². The predicted molar refractivity (Wildman–Crippen MR) is 71.7 cm³/mol. The highest BCUT2D eigenvalue weighted by Crippen LogP contribution is 2.22. The van der Waals surface area contributed by atoms with Gasteiger partial charge >= 0.3 is 0 Å². The molecule has 0 aliphatic carbocycles. The molecule has 0 saturated carbocycles. The lowest BCUT2D eigenvalue weighted by Gasteiger charge is -2.03. The van der Waals surface area contributed by atoms with E-state index in [1.807, 2.05) is 42.5 Å². The molecule has 0 fully saturated rings. The summed E-state index contributed by atoms with van der Waals surface area (Å²) in [5.74, 6) is 0. The zero-order chi connectivity index (χ0) is 12.2. The van der Waals surface area contributed by atoms with Crippen molar-refractivity contribution in [2.75, 3.05) is 0 Å². The summed E-state index contributed by atoms with van der Waals surface area (Å²) < 4.78 is 0. The molecule has 0 bridgehead atoms. The van der Waals surface area contributed by atoms with E-state index >= 15 is 0 Å². The van der Waals surface area contributed by atoms with Gasteiger partial charge in [0.2, 0.25) is 0 Å². The van der Waals surface area contributed by atoms with Gasteiger partial charge in [0.15, 0.2) is 0 Å². The first-order chi connectivity index (χ1) is 8.93. The third-order valence-corrected chi connectivity index (χ3v) is 2.69. The molecule has 0 atom stereocenters. The number of aromatic nitrogens is 2. The Morgan fingerprint density at radius 1 is 0.722 bits per heavy atom. The molecule has 0 saturated heterocycles. The van der Waals surface area contributed by atoms with Gasteiger partial charge in [0.1, 0.15) is 0 Å². The van der Waals surface area contributed by atoms with E-state index in [1.54, 1.807) is 12.4 Å². The maximum Gasteiger partial charge on any atom is 0.0971 e. The van der Waals surface area contributed by atoms with E-state index in [0.717, 1.165) is 22.5 Å². The highest BCUT2D eigenvalue weighted by molar-refractivity contribution is 5.67. The third kappa shape index (κ3) is 2.13. The van der Waals surface area contributed by atoms with E-state index in [1.165, 1.54) is 0 Å². The Bertz CT molecular complexity index is 579. The largest absolute Gasteiger partial charge is 0.255 e. The number of nitrogens with zero attached hydrogens (tertiary/aromatic N) is 2. The second kappa shape index (κ2) is 4.80. The van der Waals surface area contributed by atoms with Crippen molar-refractivity contribution in [1.82, 2.24) is 9.97 Å². The molecule has 1 radical (unpaired) electrons. The normalized spacial score (nSPS) is 10.2. The lowest BCUT2D eigenvalue weighted by Crippen LogP contribution is -1.88. The van der Waals surface area contributed by atoms with Crippen LogP contribution in [-0.4, -0.2) is 9.97 Å². The molecule has 0 spiro atoms. The van der Waals surface area contributed by atoms with Crippen molar-refractivity contribution >= 4 is 0 Å². The molecule has 0 aliphatic rings. The topological polar surface area (TPSA) is 25.8 Å². The van der Waals surface area contributed by atoms with Crippen LogP contribution in [0.4, 0.5) is 0 Å². The second-order valence-corrected chi connectivity index (χ2v) is 3.91. The van der Waals surface area contributed by atoms with E-state index in [-0.39, 0.29) is 0 Å². The van der Waals surface area contributed by atoms with Gasteiger partial charge in [0, 0.05) is 18.5 Å². The molecule has 3 aromatic rings. The Labute approximate surface area is 106 Å². The number of pyridine rings is 2.